The van der Waals surface area contributed by atoms with Crippen LogP contribution in [0.1, 0.15) is 13.3 Å². The minimum atomic E-state index is -0.946. The van der Waals surface area contributed by atoms with Gasteiger partial charge in [0.1, 0.15) is 13.5 Å². The first-order valence-corrected chi connectivity index (χ1v) is 10.5. The number of carbonyl (C=O) groups is 3. The molecule has 0 bridgehead atoms. The maximum absolute atomic E-state index is 11.3. The molecule has 12 heteroatoms. The number of nitrogens with zero attached hydrogens (tertiary/aromatic N) is 4. The lowest BCUT2D eigenvalue weighted by molar-refractivity contribution is -0.139. The van der Waals surface area contributed by atoms with Crippen LogP contribution in [0.2, 0.25) is 0 Å². The van der Waals surface area contributed by atoms with Gasteiger partial charge < -0.3 is 24.8 Å². The molecule has 0 aromatic heterocycles. The molecule has 1 rings (SSSR count). The largest absolute Gasteiger partial charge is 0.480 e. The number of aliphatic hydroxyl groups is 2. The average molecular weight is 449 g/mol. The van der Waals surface area contributed by atoms with Gasteiger partial charge >= 0.3 is 5.97 Å². The van der Waals surface area contributed by atoms with Crippen molar-refractivity contribution in [2.75, 3.05) is 79.0 Å². The molecule has 12 nitrogen and oxygen atoms in total. The Bertz CT molecular complexity index is 527. The van der Waals surface area contributed by atoms with Gasteiger partial charge in [-0.3, -0.25) is 34.0 Å². The average Bonchev–Trinajstić information content (AvgIpc) is 2.75. The Morgan fingerprint density at radius 2 is 1.35 bits per heavy atom. The van der Waals surface area contributed by atoms with Gasteiger partial charge in [-0.2, -0.15) is 0 Å². The molecule has 0 aliphatic carbocycles. The Labute approximate surface area is 182 Å². The fourth-order valence-electron chi connectivity index (χ4n) is 3.52. The molecule has 1 fully saturated rings. The van der Waals surface area contributed by atoms with Crippen LogP contribution in [-0.2, 0) is 23.9 Å². The Hall–Kier alpha value is -1.83. The van der Waals surface area contributed by atoms with Crippen molar-refractivity contribution in [1.82, 2.24) is 19.6 Å². The van der Waals surface area contributed by atoms with Crippen LogP contribution in [0.4, 0.5) is 0 Å². The van der Waals surface area contributed by atoms with Crippen LogP contribution in [0.3, 0.4) is 0 Å². The Balaban J connectivity index is 2.99. The number of carbonyl (C=O) groups excluding carboxylic acids is 2. The van der Waals surface area contributed by atoms with Gasteiger partial charge in [0.15, 0.2) is 0 Å². The molecule has 1 aliphatic heterocycles. The van der Waals surface area contributed by atoms with Crippen LogP contribution < -0.4 is 0 Å². The second-order valence-electron chi connectivity index (χ2n) is 7.45. The summed E-state index contributed by atoms with van der Waals surface area (Å²) >= 11 is 0. The highest BCUT2D eigenvalue weighted by Gasteiger charge is 2.26. The lowest BCUT2D eigenvalue weighted by Gasteiger charge is -2.37. The SMILES string of the molecule is CCC(O)C(CO)N1CCN(COC=O)CCN(COC=O)CCN(CC(=O)O)CC1. The lowest BCUT2D eigenvalue weighted by atomic mass is 10.1. The molecule has 0 aromatic carbocycles. The van der Waals surface area contributed by atoms with E-state index in [0.717, 1.165) is 0 Å². The summed E-state index contributed by atoms with van der Waals surface area (Å²) in [6.07, 6.45) is -0.244. The number of carboxylic acids is 1. The number of aliphatic hydroxyl groups excluding tert-OH is 2. The molecule has 0 spiro atoms. The summed E-state index contributed by atoms with van der Waals surface area (Å²) in [6, 6.07) is -0.481. The molecular weight excluding hydrogens is 412 g/mol. The molecule has 0 amide bonds. The highest BCUT2D eigenvalue weighted by atomic mass is 16.5. The molecule has 0 aromatic rings. The third kappa shape index (κ3) is 10.8. The number of hydrogen-bond acceptors (Lipinski definition) is 11. The second kappa shape index (κ2) is 15.9. The zero-order valence-electron chi connectivity index (χ0n) is 18.2. The summed E-state index contributed by atoms with van der Waals surface area (Å²) in [7, 11) is 0. The van der Waals surface area contributed by atoms with Crippen LogP contribution in [0.25, 0.3) is 0 Å². The third-order valence-corrected chi connectivity index (χ3v) is 5.40. The monoisotopic (exact) mass is 448 g/mol. The van der Waals surface area contributed by atoms with E-state index in [2.05, 4.69) is 0 Å². The van der Waals surface area contributed by atoms with Crippen molar-refractivity contribution in [3.63, 3.8) is 0 Å². The summed E-state index contributed by atoms with van der Waals surface area (Å²) in [4.78, 5) is 40.1. The fraction of sp³-hybridized carbons (Fsp3) is 0.842. The van der Waals surface area contributed by atoms with Crippen molar-refractivity contribution >= 4 is 18.9 Å². The predicted octanol–water partition coefficient (Wildman–Crippen LogP) is -2.31. The van der Waals surface area contributed by atoms with Gasteiger partial charge in [0.05, 0.1) is 25.3 Å². The second-order valence-corrected chi connectivity index (χ2v) is 7.45. The van der Waals surface area contributed by atoms with E-state index in [1.165, 1.54) is 0 Å². The van der Waals surface area contributed by atoms with E-state index in [1.807, 2.05) is 21.6 Å². The summed E-state index contributed by atoms with van der Waals surface area (Å²) < 4.78 is 9.79. The van der Waals surface area contributed by atoms with Gasteiger partial charge in [-0.1, -0.05) is 6.92 Å². The third-order valence-electron chi connectivity index (χ3n) is 5.40. The van der Waals surface area contributed by atoms with Crippen LogP contribution >= 0.6 is 0 Å². The minimum Gasteiger partial charge on any atom is -0.480 e. The van der Waals surface area contributed by atoms with Gasteiger partial charge in [0.2, 0.25) is 0 Å². The van der Waals surface area contributed by atoms with E-state index in [0.29, 0.717) is 71.7 Å². The van der Waals surface area contributed by atoms with Crippen molar-refractivity contribution in [3.8, 4) is 0 Å². The van der Waals surface area contributed by atoms with E-state index in [-0.39, 0.29) is 26.6 Å². The first kappa shape index (κ1) is 27.2. The molecule has 1 heterocycles. The Morgan fingerprint density at radius 3 is 1.77 bits per heavy atom. The Kier molecular flexibility index (Phi) is 13.9. The van der Waals surface area contributed by atoms with Gasteiger partial charge in [0.25, 0.3) is 12.9 Å². The van der Waals surface area contributed by atoms with E-state index >= 15 is 0 Å². The van der Waals surface area contributed by atoms with Crippen LogP contribution in [0.5, 0.6) is 0 Å². The number of rotatable bonds is 12. The Morgan fingerprint density at radius 1 is 0.903 bits per heavy atom. The minimum absolute atomic E-state index is 0.0776. The first-order chi connectivity index (χ1) is 14.9. The molecule has 180 valence electrons. The van der Waals surface area contributed by atoms with Crippen molar-refractivity contribution in [1.29, 1.82) is 0 Å². The zero-order chi connectivity index (χ0) is 23.1. The van der Waals surface area contributed by atoms with Crippen LogP contribution in [0.15, 0.2) is 0 Å². The highest BCUT2D eigenvalue weighted by Crippen LogP contribution is 2.10. The van der Waals surface area contributed by atoms with Gasteiger partial charge in [-0.25, -0.2) is 0 Å². The molecule has 3 N–H and O–H groups in total. The molecule has 0 saturated carbocycles. The van der Waals surface area contributed by atoms with E-state index in [9.17, 15) is 29.7 Å². The fourth-order valence-corrected chi connectivity index (χ4v) is 3.52. The van der Waals surface area contributed by atoms with E-state index in [4.69, 9.17) is 9.47 Å². The maximum Gasteiger partial charge on any atom is 0.317 e. The number of ether oxygens (including phenoxy) is 2. The van der Waals surface area contributed by atoms with Gasteiger partial charge in [-0.05, 0) is 6.42 Å². The normalized spacial score (nSPS) is 20.7. The molecule has 2 unspecified atom stereocenters. The molecule has 0 radical (unpaired) electrons. The van der Waals surface area contributed by atoms with Crippen molar-refractivity contribution < 1.29 is 39.2 Å². The standard InChI is InChI=1S/C19H36N4O8/c1-2-18(27)17(12-24)23-9-7-20(11-19(28)29)3-4-21(13-30-15-25)5-6-22(8-10-23)14-31-16-26/h15-18,24,27H,2-14H2,1H3,(H,28,29). The number of hydrogen-bond donors (Lipinski definition) is 3. The van der Waals surface area contributed by atoms with E-state index in [1.54, 1.807) is 4.90 Å². The molecule has 2 atom stereocenters. The molecular formula is C19H36N4O8. The quantitative estimate of drug-likeness (QED) is 0.276. The number of carboxylic acid groups (broad SMARTS) is 1. The lowest BCUT2D eigenvalue weighted by Crippen LogP contribution is -2.53. The highest BCUT2D eigenvalue weighted by molar-refractivity contribution is 5.69. The van der Waals surface area contributed by atoms with Gasteiger partial charge in [0, 0.05) is 52.4 Å². The summed E-state index contributed by atoms with van der Waals surface area (Å²) in [5.41, 5.74) is 0. The van der Waals surface area contributed by atoms with Crippen LogP contribution in [0, 0.1) is 0 Å². The molecule has 31 heavy (non-hydrogen) atoms. The summed E-state index contributed by atoms with van der Waals surface area (Å²) in [5.74, 6) is -0.946. The summed E-state index contributed by atoms with van der Waals surface area (Å²) in [5, 5.41) is 29.5. The van der Waals surface area contributed by atoms with Crippen molar-refractivity contribution in [2.45, 2.75) is 25.5 Å². The first-order valence-electron chi connectivity index (χ1n) is 10.5. The van der Waals surface area contributed by atoms with Gasteiger partial charge in [-0.15, -0.1) is 0 Å². The summed E-state index contributed by atoms with van der Waals surface area (Å²) in [6.45, 7) is 6.17. The smallest absolute Gasteiger partial charge is 0.317 e. The molecule has 1 saturated heterocycles. The maximum atomic E-state index is 11.3. The topological polar surface area (TPSA) is 143 Å². The zero-order valence-corrected chi connectivity index (χ0v) is 18.2. The van der Waals surface area contributed by atoms with Crippen LogP contribution in [-0.4, -0.2) is 145 Å². The predicted molar refractivity (Wildman–Crippen MR) is 110 cm³/mol. The van der Waals surface area contributed by atoms with Crippen molar-refractivity contribution in [3.05, 3.63) is 0 Å². The number of aliphatic carboxylic acids is 1. The molecule has 1 aliphatic rings. The van der Waals surface area contributed by atoms with Crippen molar-refractivity contribution in [2.24, 2.45) is 0 Å². The van der Waals surface area contributed by atoms with E-state index < -0.39 is 18.1 Å².